The number of hydrogen-bond donors (Lipinski definition) is 1. The third kappa shape index (κ3) is 5.81. The number of nitriles is 1. The fourth-order valence-electron chi connectivity index (χ4n) is 3.11. The molecule has 0 aromatic carbocycles. The molecule has 0 amide bonds. The molecule has 0 spiro atoms. The molecule has 1 aliphatic rings. The van der Waals surface area contributed by atoms with Crippen LogP contribution in [0.4, 0.5) is 0 Å². The number of hydrogen-bond acceptors (Lipinski definition) is 3. The first kappa shape index (κ1) is 17.5. The van der Waals surface area contributed by atoms with Crippen molar-refractivity contribution in [2.45, 2.75) is 83.8 Å². The van der Waals surface area contributed by atoms with Gasteiger partial charge in [-0.3, -0.25) is 5.32 Å². The van der Waals surface area contributed by atoms with Gasteiger partial charge in [0.25, 0.3) is 0 Å². The number of nitrogens with zero attached hydrogens (tertiary/aromatic N) is 1. The van der Waals surface area contributed by atoms with Gasteiger partial charge in [-0.1, -0.05) is 33.1 Å². The minimum absolute atomic E-state index is 0.393. The molecular formula is C17H32N2O. The molecule has 0 aliphatic heterocycles. The first-order valence-corrected chi connectivity index (χ1v) is 8.43. The third-order valence-corrected chi connectivity index (χ3v) is 4.53. The van der Waals surface area contributed by atoms with Crippen LogP contribution in [0.15, 0.2) is 0 Å². The van der Waals surface area contributed by atoms with Crippen molar-refractivity contribution in [3.05, 3.63) is 0 Å². The van der Waals surface area contributed by atoms with E-state index in [-0.39, 0.29) is 0 Å². The van der Waals surface area contributed by atoms with Gasteiger partial charge >= 0.3 is 0 Å². The summed E-state index contributed by atoms with van der Waals surface area (Å²) in [5.41, 5.74) is -0.393. The summed E-state index contributed by atoms with van der Waals surface area (Å²) in [6, 6.07) is 2.40. The topological polar surface area (TPSA) is 45.0 Å². The lowest BCUT2D eigenvalue weighted by molar-refractivity contribution is -0.0145. The van der Waals surface area contributed by atoms with E-state index in [1.807, 2.05) is 6.92 Å². The third-order valence-electron chi connectivity index (χ3n) is 4.53. The first-order valence-electron chi connectivity index (χ1n) is 8.43. The summed E-state index contributed by atoms with van der Waals surface area (Å²) in [6.45, 7) is 8.10. The van der Waals surface area contributed by atoms with Crippen molar-refractivity contribution < 1.29 is 4.74 Å². The van der Waals surface area contributed by atoms with Gasteiger partial charge < -0.3 is 4.74 Å². The van der Waals surface area contributed by atoms with Crippen LogP contribution in [0.2, 0.25) is 0 Å². The minimum atomic E-state index is -0.393. The zero-order valence-corrected chi connectivity index (χ0v) is 13.6. The van der Waals surface area contributed by atoms with Gasteiger partial charge in [0.05, 0.1) is 12.2 Å². The highest BCUT2D eigenvalue weighted by Crippen LogP contribution is 2.29. The van der Waals surface area contributed by atoms with Crippen LogP contribution in [-0.4, -0.2) is 24.8 Å². The summed E-state index contributed by atoms with van der Waals surface area (Å²) in [6.07, 6.45) is 9.83. The Morgan fingerprint density at radius 1 is 1.30 bits per heavy atom. The van der Waals surface area contributed by atoms with Crippen molar-refractivity contribution in [1.29, 1.82) is 5.26 Å². The molecule has 0 bridgehead atoms. The Balaban J connectivity index is 2.24. The summed E-state index contributed by atoms with van der Waals surface area (Å²) in [5, 5.41) is 12.6. The van der Waals surface area contributed by atoms with E-state index in [9.17, 15) is 5.26 Å². The summed E-state index contributed by atoms with van der Waals surface area (Å²) in [4.78, 5) is 0. The molecule has 0 saturated heterocycles. The Hall–Kier alpha value is -0.590. The molecule has 20 heavy (non-hydrogen) atoms. The van der Waals surface area contributed by atoms with Crippen LogP contribution in [-0.2, 0) is 4.74 Å². The fourth-order valence-corrected chi connectivity index (χ4v) is 3.11. The van der Waals surface area contributed by atoms with Gasteiger partial charge in [0.15, 0.2) is 0 Å². The van der Waals surface area contributed by atoms with Crippen LogP contribution in [0.3, 0.4) is 0 Å². The summed E-state index contributed by atoms with van der Waals surface area (Å²) >= 11 is 0. The zero-order valence-electron chi connectivity index (χ0n) is 13.6. The molecule has 0 aromatic rings. The van der Waals surface area contributed by atoms with Crippen LogP contribution in [0.5, 0.6) is 0 Å². The van der Waals surface area contributed by atoms with Crippen LogP contribution in [0.1, 0.15) is 72.1 Å². The second-order valence-electron chi connectivity index (χ2n) is 6.34. The molecule has 1 N–H and O–H groups in total. The standard InChI is InChI=1S/C17H32N2O/c1-4-12-19-17(3,14-18)11-8-13-20-16-10-7-6-9-15(16)5-2/h15-16,19H,4-13H2,1-3H3. The van der Waals surface area contributed by atoms with Crippen LogP contribution in [0, 0.1) is 17.2 Å². The molecule has 3 heteroatoms. The van der Waals surface area contributed by atoms with Crippen molar-refractivity contribution >= 4 is 0 Å². The van der Waals surface area contributed by atoms with Gasteiger partial charge in [0.1, 0.15) is 5.54 Å². The quantitative estimate of drug-likeness (QED) is 0.648. The predicted molar refractivity (Wildman–Crippen MR) is 83.5 cm³/mol. The van der Waals surface area contributed by atoms with E-state index in [1.165, 1.54) is 32.1 Å². The van der Waals surface area contributed by atoms with Gasteiger partial charge in [-0.25, -0.2) is 0 Å². The largest absolute Gasteiger partial charge is 0.378 e. The molecule has 0 aromatic heterocycles. The smallest absolute Gasteiger partial charge is 0.104 e. The fraction of sp³-hybridized carbons (Fsp3) is 0.941. The molecule has 1 rings (SSSR count). The summed E-state index contributed by atoms with van der Waals surface area (Å²) < 4.78 is 6.09. The molecule has 1 saturated carbocycles. The van der Waals surface area contributed by atoms with Crippen molar-refractivity contribution in [3.8, 4) is 6.07 Å². The van der Waals surface area contributed by atoms with E-state index in [4.69, 9.17) is 4.74 Å². The maximum Gasteiger partial charge on any atom is 0.104 e. The van der Waals surface area contributed by atoms with Crippen molar-refractivity contribution in [1.82, 2.24) is 5.32 Å². The Morgan fingerprint density at radius 3 is 2.70 bits per heavy atom. The maximum atomic E-state index is 9.29. The second-order valence-corrected chi connectivity index (χ2v) is 6.34. The molecule has 3 nitrogen and oxygen atoms in total. The molecule has 116 valence electrons. The average Bonchev–Trinajstić information content (AvgIpc) is 2.50. The maximum absolute atomic E-state index is 9.29. The van der Waals surface area contributed by atoms with E-state index in [1.54, 1.807) is 0 Å². The lowest BCUT2D eigenvalue weighted by atomic mass is 9.85. The Labute approximate surface area is 125 Å². The first-order chi connectivity index (χ1) is 9.65. The lowest BCUT2D eigenvalue weighted by Gasteiger charge is -2.31. The number of rotatable bonds is 9. The van der Waals surface area contributed by atoms with Gasteiger partial charge in [-0.15, -0.1) is 0 Å². The molecule has 3 atom stereocenters. The van der Waals surface area contributed by atoms with E-state index < -0.39 is 5.54 Å². The SMILES string of the molecule is CCCNC(C)(C#N)CCCOC1CCCCC1CC. The van der Waals surface area contributed by atoms with E-state index >= 15 is 0 Å². The summed E-state index contributed by atoms with van der Waals surface area (Å²) in [5.74, 6) is 0.754. The second kappa shape index (κ2) is 9.37. The van der Waals surface area contributed by atoms with Crippen LogP contribution >= 0.6 is 0 Å². The highest BCUT2D eigenvalue weighted by atomic mass is 16.5. The lowest BCUT2D eigenvalue weighted by Crippen LogP contribution is -2.41. The van der Waals surface area contributed by atoms with E-state index in [0.29, 0.717) is 6.10 Å². The minimum Gasteiger partial charge on any atom is -0.378 e. The highest BCUT2D eigenvalue weighted by Gasteiger charge is 2.25. The molecule has 1 aliphatic carbocycles. The number of ether oxygens (including phenoxy) is 1. The van der Waals surface area contributed by atoms with Crippen molar-refractivity contribution in [3.63, 3.8) is 0 Å². The van der Waals surface area contributed by atoms with E-state index in [0.717, 1.165) is 38.3 Å². The Morgan fingerprint density at radius 2 is 2.05 bits per heavy atom. The molecule has 0 heterocycles. The molecule has 0 radical (unpaired) electrons. The average molecular weight is 280 g/mol. The highest BCUT2D eigenvalue weighted by molar-refractivity contribution is 5.03. The van der Waals surface area contributed by atoms with Gasteiger partial charge in [-0.2, -0.15) is 5.26 Å². The van der Waals surface area contributed by atoms with Crippen molar-refractivity contribution in [2.24, 2.45) is 5.92 Å². The van der Waals surface area contributed by atoms with Crippen LogP contribution in [0.25, 0.3) is 0 Å². The normalized spacial score (nSPS) is 25.9. The monoisotopic (exact) mass is 280 g/mol. The Bertz CT molecular complexity index is 300. The van der Waals surface area contributed by atoms with Gasteiger partial charge in [-0.05, 0) is 51.5 Å². The van der Waals surface area contributed by atoms with Crippen LogP contribution < -0.4 is 5.32 Å². The Kier molecular flexibility index (Phi) is 8.18. The molecule has 1 fully saturated rings. The van der Waals surface area contributed by atoms with Gasteiger partial charge in [0, 0.05) is 6.61 Å². The molecule has 3 unspecified atom stereocenters. The van der Waals surface area contributed by atoms with Gasteiger partial charge in [0.2, 0.25) is 0 Å². The zero-order chi connectivity index (χ0) is 14.8. The van der Waals surface area contributed by atoms with Crippen molar-refractivity contribution in [2.75, 3.05) is 13.2 Å². The molecular weight excluding hydrogens is 248 g/mol. The summed E-state index contributed by atoms with van der Waals surface area (Å²) in [7, 11) is 0. The van der Waals surface area contributed by atoms with E-state index in [2.05, 4.69) is 25.2 Å². The number of nitrogens with one attached hydrogen (secondary N) is 1. The predicted octanol–water partition coefficient (Wildman–Crippen LogP) is 4.03.